The molecule has 116 valence electrons. The van der Waals surface area contributed by atoms with E-state index in [2.05, 4.69) is 10.1 Å². The molecule has 0 aliphatic carbocycles. The minimum absolute atomic E-state index is 0.171. The maximum atomic E-state index is 12.0. The number of amides is 1. The molecule has 2 heterocycles. The third kappa shape index (κ3) is 3.33. The molecule has 3 rings (SSSR count). The zero-order valence-electron chi connectivity index (χ0n) is 12.5. The van der Waals surface area contributed by atoms with E-state index in [-0.39, 0.29) is 5.91 Å². The summed E-state index contributed by atoms with van der Waals surface area (Å²) < 4.78 is 5.29. The van der Waals surface area contributed by atoms with Gasteiger partial charge in [0.2, 0.25) is 17.6 Å². The minimum atomic E-state index is 0.171. The molecule has 1 aliphatic rings. The number of nitrogens with two attached hydrogens (primary N) is 1. The van der Waals surface area contributed by atoms with Crippen molar-refractivity contribution in [3.63, 3.8) is 0 Å². The van der Waals surface area contributed by atoms with Crippen LogP contribution in [-0.4, -0.2) is 27.5 Å². The van der Waals surface area contributed by atoms with Crippen molar-refractivity contribution in [2.24, 2.45) is 5.73 Å². The number of benzene rings is 1. The largest absolute Gasteiger partial charge is 0.337 e. The van der Waals surface area contributed by atoms with Gasteiger partial charge in [0.25, 0.3) is 0 Å². The second-order valence-corrected chi connectivity index (χ2v) is 5.54. The fraction of sp³-hybridized carbons (Fsp3) is 0.438. The molecule has 0 radical (unpaired) electrons. The molecule has 0 unspecified atom stereocenters. The van der Waals surface area contributed by atoms with Gasteiger partial charge in [-0.2, -0.15) is 4.98 Å². The number of likely N-dealkylation sites (tertiary alicyclic amines) is 1. The van der Waals surface area contributed by atoms with E-state index in [0.29, 0.717) is 31.2 Å². The van der Waals surface area contributed by atoms with Crippen molar-refractivity contribution in [2.45, 2.75) is 38.8 Å². The van der Waals surface area contributed by atoms with E-state index in [1.54, 1.807) is 0 Å². The Labute approximate surface area is 129 Å². The minimum Gasteiger partial charge on any atom is -0.337 e. The molecule has 22 heavy (non-hydrogen) atoms. The van der Waals surface area contributed by atoms with Crippen molar-refractivity contribution in [2.75, 3.05) is 6.54 Å². The van der Waals surface area contributed by atoms with Gasteiger partial charge >= 0.3 is 0 Å². The Morgan fingerprint density at radius 3 is 2.77 bits per heavy atom. The first-order valence-corrected chi connectivity index (χ1v) is 7.66. The van der Waals surface area contributed by atoms with Crippen molar-refractivity contribution in [3.05, 3.63) is 35.7 Å². The van der Waals surface area contributed by atoms with Crippen LogP contribution in [0.15, 0.2) is 28.8 Å². The highest BCUT2D eigenvalue weighted by atomic mass is 16.5. The second-order valence-electron chi connectivity index (χ2n) is 5.54. The fourth-order valence-corrected chi connectivity index (χ4v) is 2.60. The van der Waals surface area contributed by atoms with Crippen molar-refractivity contribution in [1.29, 1.82) is 0 Å². The Morgan fingerprint density at radius 1 is 1.18 bits per heavy atom. The smallest absolute Gasteiger partial charge is 0.246 e. The zero-order chi connectivity index (χ0) is 15.4. The van der Waals surface area contributed by atoms with Crippen LogP contribution in [0.1, 0.15) is 37.1 Å². The summed E-state index contributed by atoms with van der Waals surface area (Å²) in [6.07, 6.45) is 3.72. The van der Waals surface area contributed by atoms with E-state index in [1.807, 2.05) is 29.2 Å². The number of nitrogens with zero attached hydrogens (tertiary/aromatic N) is 3. The molecule has 1 aromatic carbocycles. The summed E-state index contributed by atoms with van der Waals surface area (Å²) in [4.78, 5) is 18.2. The van der Waals surface area contributed by atoms with E-state index in [0.717, 1.165) is 36.9 Å². The molecule has 1 saturated heterocycles. The Morgan fingerprint density at radius 2 is 2.00 bits per heavy atom. The lowest BCUT2D eigenvalue weighted by Gasteiger charge is -2.17. The summed E-state index contributed by atoms with van der Waals surface area (Å²) in [7, 11) is 0. The number of hydrogen-bond donors (Lipinski definition) is 1. The van der Waals surface area contributed by atoms with E-state index in [1.165, 1.54) is 0 Å². The highest BCUT2D eigenvalue weighted by molar-refractivity contribution is 5.76. The van der Waals surface area contributed by atoms with E-state index >= 15 is 0 Å². The summed E-state index contributed by atoms with van der Waals surface area (Å²) in [5, 5.41) is 4.00. The second kappa shape index (κ2) is 6.70. The Balaban J connectivity index is 1.71. The van der Waals surface area contributed by atoms with Crippen LogP contribution in [0, 0.1) is 0 Å². The van der Waals surface area contributed by atoms with Crippen LogP contribution in [0.2, 0.25) is 0 Å². The van der Waals surface area contributed by atoms with E-state index in [9.17, 15) is 4.79 Å². The Kier molecular flexibility index (Phi) is 4.48. The number of carbonyl (C=O) groups excluding carboxylic acids is 1. The maximum Gasteiger partial charge on any atom is 0.246 e. The highest BCUT2D eigenvalue weighted by Gasteiger charge is 2.19. The molecule has 1 aliphatic heterocycles. The van der Waals surface area contributed by atoms with Gasteiger partial charge in [0, 0.05) is 25.1 Å². The molecular weight excluding hydrogens is 280 g/mol. The van der Waals surface area contributed by atoms with Crippen molar-refractivity contribution >= 4 is 5.91 Å². The third-order valence-corrected chi connectivity index (χ3v) is 3.91. The van der Waals surface area contributed by atoms with Crippen molar-refractivity contribution < 1.29 is 9.32 Å². The molecule has 0 bridgehead atoms. The molecule has 6 heteroatoms. The molecule has 2 N–H and O–H groups in total. The molecule has 0 saturated carbocycles. The summed E-state index contributed by atoms with van der Waals surface area (Å²) in [5.74, 6) is 1.19. The molecular formula is C16H20N4O2. The van der Waals surface area contributed by atoms with Gasteiger partial charge in [-0.15, -0.1) is 0 Å². The molecule has 6 nitrogen and oxygen atoms in total. The van der Waals surface area contributed by atoms with Crippen LogP contribution in [0.25, 0.3) is 11.4 Å². The average Bonchev–Trinajstić information content (AvgIpc) is 2.92. The van der Waals surface area contributed by atoms with Gasteiger partial charge in [0.15, 0.2) is 0 Å². The molecule has 1 aromatic heterocycles. The van der Waals surface area contributed by atoms with Gasteiger partial charge in [-0.3, -0.25) is 4.79 Å². The van der Waals surface area contributed by atoms with Crippen LogP contribution in [-0.2, 0) is 17.9 Å². The van der Waals surface area contributed by atoms with Crippen molar-refractivity contribution in [3.8, 4) is 11.4 Å². The van der Waals surface area contributed by atoms with E-state index < -0.39 is 0 Å². The molecule has 1 fully saturated rings. The van der Waals surface area contributed by atoms with Gasteiger partial charge in [0.1, 0.15) is 0 Å². The van der Waals surface area contributed by atoms with Crippen LogP contribution < -0.4 is 5.73 Å². The topological polar surface area (TPSA) is 85.2 Å². The predicted octanol–water partition coefficient (Wildman–Crippen LogP) is 2.10. The monoisotopic (exact) mass is 300 g/mol. The van der Waals surface area contributed by atoms with Gasteiger partial charge in [-0.25, -0.2) is 0 Å². The van der Waals surface area contributed by atoms with E-state index in [4.69, 9.17) is 10.3 Å². The first-order valence-electron chi connectivity index (χ1n) is 7.66. The quantitative estimate of drug-likeness (QED) is 0.934. The fourth-order valence-electron chi connectivity index (χ4n) is 2.60. The average molecular weight is 300 g/mol. The lowest BCUT2D eigenvalue weighted by Crippen LogP contribution is -2.29. The lowest BCUT2D eigenvalue weighted by atomic mass is 10.1. The molecule has 1 amide bonds. The Hall–Kier alpha value is -2.21. The zero-order valence-corrected chi connectivity index (χ0v) is 12.5. The van der Waals surface area contributed by atoms with Crippen LogP contribution >= 0.6 is 0 Å². The highest BCUT2D eigenvalue weighted by Crippen LogP contribution is 2.18. The summed E-state index contributed by atoms with van der Waals surface area (Å²) in [5.41, 5.74) is 7.53. The molecule has 0 atom stereocenters. The lowest BCUT2D eigenvalue weighted by molar-refractivity contribution is -0.131. The SMILES string of the molecule is NCc1ccc(-c2noc(CN3CCCCCC3=O)n2)cc1. The summed E-state index contributed by atoms with van der Waals surface area (Å²) >= 11 is 0. The normalized spacial score (nSPS) is 15.9. The standard InChI is InChI=1S/C16H20N4O2/c17-10-12-5-7-13(8-6-12)16-18-14(22-19-16)11-20-9-3-1-2-4-15(20)21/h5-8H,1-4,9-11,17H2. The number of hydrogen-bond acceptors (Lipinski definition) is 5. The van der Waals surface area contributed by atoms with Crippen LogP contribution in [0.4, 0.5) is 0 Å². The predicted molar refractivity (Wildman–Crippen MR) is 81.5 cm³/mol. The van der Waals surface area contributed by atoms with Gasteiger partial charge in [0.05, 0.1) is 6.54 Å². The summed E-state index contributed by atoms with van der Waals surface area (Å²) in [6, 6.07) is 7.75. The van der Waals surface area contributed by atoms with Gasteiger partial charge in [-0.1, -0.05) is 35.8 Å². The molecule has 2 aromatic rings. The first kappa shape index (κ1) is 14.7. The van der Waals surface area contributed by atoms with Crippen LogP contribution in [0.5, 0.6) is 0 Å². The number of carbonyl (C=O) groups is 1. The van der Waals surface area contributed by atoms with Crippen molar-refractivity contribution in [1.82, 2.24) is 15.0 Å². The summed E-state index contributed by atoms with van der Waals surface area (Å²) in [6.45, 7) is 1.67. The van der Waals surface area contributed by atoms with Crippen LogP contribution in [0.3, 0.4) is 0 Å². The van der Waals surface area contributed by atoms with Gasteiger partial charge in [-0.05, 0) is 18.4 Å². The number of aromatic nitrogens is 2. The maximum absolute atomic E-state index is 12.0. The number of rotatable bonds is 4. The first-order chi connectivity index (χ1) is 10.8. The third-order valence-electron chi connectivity index (χ3n) is 3.91. The van der Waals surface area contributed by atoms with Gasteiger partial charge < -0.3 is 15.2 Å². The Bertz CT molecular complexity index is 636. The molecule has 0 spiro atoms.